The summed E-state index contributed by atoms with van der Waals surface area (Å²) in [4.78, 5) is 4.75. The zero-order valence-corrected chi connectivity index (χ0v) is 7.70. The lowest BCUT2D eigenvalue weighted by Crippen LogP contribution is -2.38. The Kier molecular flexibility index (Phi) is 1.32. The highest BCUT2D eigenvalue weighted by Gasteiger charge is 2.35. The van der Waals surface area contributed by atoms with Crippen LogP contribution in [0.3, 0.4) is 0 Å². The van der Waals surface area contributed by atoms with Crippen molar-refractivity contribution < 1.29 is 0 Å². The second-order valence-electron chi connectivity index (χ2n) is 3.71. The van der Waals surface area contributed by atoms with E-state index in [1.807, 2.05) is 0 Å². The monoisotopic (exact) mass is 175 g/mol. The van der Waals surface area contributed by atoms with E-state index >= 15 is 0 Å². The van der Waals surface area contributed by atoms with Gasteiger partial charge < -0.3 is 10.2 Å². The summed E-state index contributed by atoms with van der Waals surface area (Å²) in [6, 6.07) is 8.50. The van der Waals surface area contributed by atoms with Crippen molar-refractivity contribution in [3.05, 3.63) is 24.3 Å². The number of anilines is 2. The molecule has 68 valence electrons. The smallest absolute Gasteiger partial charge is 0.158 e. The normalized spacial score (nSPS) is 25.6. The molecule has 0 radical (unpaired) electrons. The van der Waals surface area contributed by atoms with E-state index in [4.69, 9.17) is 0 Å². The zero-order chi connectivity index (χ0) is 8.84. The van der Waals surface area contributed by atoms with Gasteiger partial charge in [-0.1, -0.05) is 12.1 Å². The quantitative estimate of drug-likeness (QED) is 0.638. The first-order valence-electron chi connectivity index (χ1n) is 4.69. The van der Waals surface area contributed by atoms with Crippen LogP contribution in [-0.4, -0.2) is 31.3 Å². The van der Waals surface area contributed by atoms with Crippen LogP contribution in [0.1, 0.15) is 0 Å². The Morgan fingerprint density at radius 3 is 3.08 bits per heavy atom. The molecule has 1 saturated heterocycles. The Hall–Kier alpha value is -1.22. The molecule has 0 aliphatic carbocycles. The fourth-order valence-electron chi connectivity index (χ4n) is 2.17. The van der Waals surface area contributed by atoms with Crippen LogP contribution in [0.4, 0.5) is 11.4 Å². The molecular formula is C10H13N3. The van der Waals surface area contributed by atoms with Gasteiger partial charge in [0.05, 0.1) is 11.4 Å². The molecule has 2 heterocycles. The van der Waals surface area contributed by atoms with Crippen molar-refractivity contribution in [2.24, 2.45) is 0 Å². The first-order chi connectivity index (χ1) is 6.36. The van der Waals surface area contributed by atoms with E-state index < -0.39 is 0 Å². The summed E-state index contributed by atoms with van der Waals surface area (Å²) >= 11 is 0. The number of nitrogens with one attached hydrogen (secondary N) is 1. The molecule has 1 aromatic carbocycles. The molecule has 1 unspecified atom stereocenters. The highest BCUT2D eigenvalue weighted by molar-refractivity contribution is 5.76. The lowest BCUT2D eigenvalue weighted by molar-refractivity contribution is 0.345. The van der Waals surface area contributed by atoms with Gasteiger partial charge in [-0.3, -0.25) is 4.90 Å². The Bertz CT molecular complexity index is 337. The minimum Gasteiger partial charge on any atom is -0.351 e. The molecule has 1 N–H and O–H groups in total. The second kappa shape index (κ2) is 2.39. The van der Waals surface area contributed by atoms with E-state index in [2.05, 4.69) is 46.4 Å². The van der Waals surface area contributed by atoms with Gasteiger partial charge in [0.2, 0.25) is 0 Å². The van der Waals surface area contributed by atoms with E-state index in [0.29, 0.717) is 6.29 Å². The molecule has 3 rings (SSSR count). The van der Waals surface area contributed by atoms with Crippen LogP contribution in [0.2, 0.25) is 0 Å². The van der Waals surface area contributed by atoms with Crippen molar-refractivity contribution in [2.45, 2.75) is 6.29 Å². The Balaban J connectivity index is 2.05. The average molecular weight is 175 g/mol. The second-order valence-corrected chi connectivity index (χ2v) is 3.71. The number of benzene rings is 1. The van der Waals surface area contributed by atoms with Crippen LogP contribution in [0, 0.1) is 0 Å². The van der Waals surface area contributed by atoms with Crippen LogP contribution in [0.15, 0.2) is 24.3 Å². The zero-order valence-electron chi connectivity index (χ0n) is 7.70. The maximum atomic E-state index is 3.50. The molecule has 3 heteroatoms. The standard InChI is InChI=1S/C10H13N3/c1-12-6-7-13-9-5-3-2-4-8(9)11-10(12)13/h2-5,10-11H,6-7H2,1H3. The minimum absolute atomic E-state index is 0.386. The molecular weight excluding hydrogens is 162 g/mol. The third-order valence-corrected chi connectivity index (χ3v) is 2.90. The predicted molar refractivity (Wildman–Crippen MR) is 53.8 cm³/mol. The summed E-state index contributed by atoms with van der Waals surface area (Å²) in [5, 5.41) is 3.50. The van der Waals surface area contributed by atoms with Crippen molar-refractivity contribution in [1.29, 1.82) is 0 Å². The largest absolute Gasteiger partial charge is 0.351 e. The first-order valence-corrected chi connectivity index (χ1v) is 4.69. The molecule has 0 saturated carbocycles. The van der Waals surface area contributed by atoms with Gasteiger partial charge in [-0.2, -0.15) is 0 Å². The number of hydrogen-bond acceptors (Lipinski definition) is 3. The highest BCUT2D eigenvalue weighted by atomic mass is 15.5. The van der Waals surface area contributed by atoms with Gasteiger partial charge in [-0.25, -0.2) is 0 Å². The maximum Gasteiger partial charge on any atom is 0.158 e. The van der Waals surface area contributed by atoms with Crippen molar-refractivity contribution in [3.8, 4) is 0 Å². The Labute approximate surface area is 77.9 Å². The van der Waals surface area contributed by atoms with Crippen molar-refractivity contribution in [1.82, 2.24) is 4.90 Å². The summed E-state index contributed by atoms with van der Waals surface area (Å²) in [6.07, 6.45) is 0.386. The molecule has 1 atom stereocenters. The molecule has 13 heavy (non-hydrogen) atoms. The average Bonchev–Trinajstić information content (AvgIpc) is 2.67. The number of rotatable bonds is 0. The number of para-hydroxylation sites is 2. The SMILES string of the molecule is CN1CCN2c3ccccc3NC12. The first kappa shape index (κ1) is 7.21. The lowest BCUT2D eigenvalue weighted by Gasteiger charge is -2.21. The van der Waals surface area contributed by atoms with Crippen LogP contribution in [0.25, 0.3) is 0 Å². The highest BCUT2D eigenvalue weighted by Crippen LogP contribution is 2.36. The molecule has 2 aliphatic heterocycles. The molecule has 1 fully saturated rings. The number of likely N-dealkylation sites (N-methyl/N-ethyl adjacent to an activating group) is 1. The predicted octanol–water partition coefficient (Wildman–Crippen LogP) is 1.15. The third-order valence-electron chi connectivity index (χ3n) is 2.90. The Morgan fingerprint density at radius 2 is 2.15 bits per heavy atom. The lowest BCUT2D eigenvalue weighted by atomic mass is 10.3. The number of hydrogen-bond donors (Lipinski definition) is 1. The summed E-state index contributed by atoms with van der Waals surface area (Å²) < 4.78 is 0. The van der Waals surface area contributed by atoms with E-state index in [1.165, 1.54) is 11.4 Å². The van der Waals surface area contributed by atoms with Crippen LogP contribution in [0.5, 0.6) is 0 Å². The van der Waals surface area contributed by atoms with Crippen LogP contribution < -0.4 is 10.2 Å². The summed E-state index contributed by atoms with van der Waals surface area (Å²) in [5.74, 6) is 0. The van der Waals surface area contributed by atoms with Gasteiger partial charge >= 0.3 is 0 Å². The number of fused-ring (bicyclic) bond motifs is 3. The van der Waals surface area contributed by atoms with Gasteiger partial charge in [0.15, 0.2) is 6.29 Å². The minimum atomic E-state index is 0.386. The molecule has 3 nitrogen and oxygen atoms in total. The summed E-state index contributed by atoms with van der Waals surface area (Å²) in [6.45, 7) is 2.27. The van der Waals surface area contributed by atoms with Crippen LogP contribution >= 0.6 is 0 Å². The van der Waals surface area contributed by atoms with Gasteiger partial charge in [-0.05, 0) is 19.2 Å². The third kappa shape index (κ3) is 0.877. The Morgan fingerprint density at radius 1 is 1.31 bits per heavy atom. The van der Waals surface area contributed by atoms with E-state index in [9.17, 15) is 0 Å². The molecule has 0 spiro atoms. The van der Waals surface area contributed by atoms with Crippen molar-refractivity contribution in [3.63, 3.8) is 0 Å². The summed E-state index contributed by atoms with van der Waals surface area (Å²) in [7, 11) is 2.16. The van der Waals surface area contributed by atoms with Crippen LogP contribution in [-0.2, 0) is 0 Å². The fourth-order valence-corrected chi connectivity index (χ4v) is 2.17. The van der Waals surface area contributed by atoms with E-state index in [1.54, 1.807) is 0 Å². The van der Waals surface area contributed by atoms with Gasteiger partial charge in [0.25, 0.3) is 0 Å². The summed E-state index contributed by atoms with van der Waals surface area (Å²) in [5.41, 5.74) is 2.61. The van der Waals surface area contributed by atoms with E-state index in [0.717, 1.165) is 13.1 Å². The van der Waals surface area contributed by atoms with Crippen molar-refractivity contribution >= 4 is 11.4 Å². The van der Waals surface area contributed by atoms with Gasteiger partial charge in [0, 0.05) is 13.1 Å². The van der Waals surface area contributed by atoms with Gasteiger partial charge in [-0.15, -0.1) is 0 Å². The van der Waals surface area contributed by atoms with E-state index in [-0.39, 0.29) is 0 Å². The maximum absolute atomic E-state index is 3.50. The van der Waals surface area contributed by atoms with Crippen molar-refractivity contribution in [2.75, 3.05) is 30.4 Å². The molecule has 2 aliphatic rings. The fraction of sp³-hybridized carbons (Fsp3) is 0.400. The van der Waals surface area contributed by atoms with Gasteiger partial charge in [0.1, 0.15) is 0 Å². The topological polar surface area (TPSA) is 18.5 Å². The molecule has 0 amide bonds. The number of nitrogens with zero attached hydrogens (tertiary/aromatic N) is 2. The molecule has 1 aromatic rings. The molecule has 0 bridgehead atoms. The molecule has 0 aromatic heterocycles.